The number of pyridine rings is 1. The predicted molar refractivity (Wildman–Crippen MR) is 144 cm³/mol. The summed E-state index contributed by atoms with van der Waals surface area (Å²) in [5.41, 5.74) is 7.67. The number of ether oxygens (including phenoxy) is 2. The van der Waals surface area contributed by atoms with Gasteiger partial charge in [0.05, 0.1) is 31.9 Å². The van der Waals surface area contributed by atoms with Gasteiger partial charge in [0.2, 0.25) is 5.91 Å². The van der Waals surface area contributed by atoms with E-state index in [1.54, 1.807) is 25.6 Å². The molecule has 0 saturated heterocycles. The lowest BCUT2D eigenvalue weighted by Crippen LogP contribution is -2.34. The third kappa shape index (κ3) is 4.35. The van der Waals surface area contributed by atoms with Crippen molar-refractivity contribution in [1.82, 2.24) is 9.88 Å². The maximum atomic E-state index is 13.5. The van der Waals surface area contributed by atoms with Crippen LogP contribution in [-0.4, -0.2) is 36.1 Å². The van der Waals surface area contributed by atoms with Gasteiger partial charge in [-0.3, -0.25) is 4.79 Å². The Labute approximate surface area is 215 Å². The molecule has 2 heterocycles. The molecule has 2 aliphatic rings. The first-order chi connectivity index (χ1) is 17.6. The Morgan fingerprint density at radius 1 is 1.08 bits per heavy atom. The largest absolute Gasteiger partial charge is 0.493 e. The summed E-state index contributed by atoms with van der Waals surface area (Å²) in [6, 6.07) is 15.0. The Hall–Kier alpha value is -3.38. The molecule has 2 aliphatic carbocycles. The average molecular weight is 499 g/mol. The van der Waals surface area contributed by atoms with Crippen LogP contribution in [-0.2, 0) is 30.6 Å². The lowest BCUT2D eigenvalue weighted by atomic mass is 9.99. The number of thiophene rings is 1. The molecule has 4 aromatic rings. The number of benzene rings is 2. The van der Waals surface area contributed by atoms with Crippen molar-refractivity contribution >= 4 is 28.1 Å². The molecule has 6 rings (SSSR count). The predicted octanol–water partition coefficient (Wildman–Crippen LogP) is 6.20. The number of fused-ring (bicyclic) bond motifs is 2. The van der Waals surface area contributed by atoms with Gasteiger partial charge in [0.1, 0.15) is 0 Å². The molecule has 1 fully saturated rings. The molecule has 2 aromatic heterocycles. The first-order valence-corrected chi connectivity index (χ1v) is 13.6. The van der Waals surface area contributed by atoms with Crippen molar-refractivity contribution in [3.05, 3.63) is 75.5 Å². The Bertz CT molecular complexity index is 1430. The second kappa shape index (κ2) is 9.58. The summed E-state index contributed by atoms with van der Waals surface area (Å²) in [5.74, 6) is 1.51. The van der Waals surface area contributed by atoms with E-state index in [-0.39, 0.29) is 5.91 Å². The average Bonchev–Trinajstić information content (AvgIpc) is 3.41. The number of methoxy groups -OCH3 is 2. The van der Waals surface area contributed by atoms with E-state index in [0.717, 1.165) is 59.0 Å². The maximum Gasteiger partial charge on any atom is 0.227 e. The number of amides is 1. The van der Waals surface area contributed by atoms with E-state index in [1.165, 1.54) is 17.5 Å². The van der Waals surface area contributed by atoms with Crippen LogP contribution < -0.4 is 9.47 Å². The quantitative estimate of drug-likeness (QED) is 0.290. The number of hydrogen-bond donors (Lipinski definition) is 0. The number of rotatable bonds is 8. The molecule has 2 aromatic carbocycles. The minimum atomic E-state index is 0.175. The number of para-hydroxylation sites is 1. The molecule has 0 N–H and O–H groups in total. The van der Waals surface area contributed by atoms with Crippen LogP contribution >= 0.6 is 11.3 Å². The van der Waals surface area contributed by atoms with Gasteiger partial charge in [-0.1, -0.05) is 6.07 Å². The van der Waals surface area contributed by atoms with E-state index < -0.39 is 0 Å². The fraction of sp³-hybridized carbons (Fsp3) is 0.333. The second-order valence-corrected chi connectivity index (χ2v) is 10.5. The molecule has 0 spiro atoms. The van der Waals surface area contributed by atoms with Crippen LogP contribution in [0.3, 0.4) is 0 Å². The van der Waals surface area contributed by atoms with Gasteiger partial charge >= 0.3 is 0 Å². The molecule has 0 bridgehead atoms. The zero-order valence-electron chi connectivity index (χ0n) is 20.8. The normalized spacial score (nSPS) is 14.6. The molecular weight excluding hydrogens is 468 g/mol. The number of nitrogens with zero attached hydrogens (tertiary/aromatic N) is 2. The topological polar surface area (TPSA) is 51.7 Å². The Morgan fingerprint density at radius 2 is 1.92 bits per heavy atom. The number of hydrogen-bond acceptors (Lipinski definition) is 5. The van der Waals surface area contributed by atoms with E-state index in [1.807, 2.05) is 29.6 Å². The summed E-state index contributed by atoms with van der Waals surface area (Å²) < 4.78 is 11.4. The first-order valence-electron chi connectivity index (χ1n) is 12.6. The minimum absolute atomic E-state index is 0.175. The van der Waals surface area contributed by atoms with Gasteiger partial charge in [-0.15, -0.1) is 0 Å². The highest BCUT2D eigenvalue weighted by Crippen LogP contribution is 2.41. The van der Waals surface area contributed by atoms with Crippen molar-refractivity contribution in [2.45, 2.75) is 51.1 Å². The second-order valence-electron chi connectivity index (χ2n) is 9.77. The summed E-state index contributed by atoms with van der Waals surface area (Å²) >= 11 is 1.63. The number of carbonyl (C=O) groups excluding carboxylic acids is 1. The molecule has 1 saturated carbocycles. The van der Waals surface area contributed by atoms with Crippen molar-refractivity contribution in [2.75, 3.05) is 14.2 Å². The smallest absolute Gasteiger partial charge is 0.227 e. The van der Waals surface area contributed by atoms with E-state index in [4.69, 9.17) is 14.5 Å². The molecule has 1 amide bonds. The van der Waals surface area contributed by atoms with Gasteiger partial charge in [0, 0.05) is 23.5 Å². The van der Waals surface area contributed by atoms with Gasteiger partial charge in [-0.05, 0) is 102 Å². The first kappa shape index (κ1) is 23.0. The van der Waals surface area contributed by atoms with Crippen LogP contribution in [0.4, 0.5) is 0 Å². The highest BCUT2D eigenvalue weighted by atomic mass is 32.1. The van der Waals surface area contributed by atoms with Crippen molar-refractivity contribution in [3.8, 4) is 22.8 Å². The fourth-order valence-corrected chi connectivity index (χ4v) is 6.05. The molecule has 36 heavy (non-hydrogen) atoms. The summed E-state index contributed by atoms with van der Waals surface area (Å²) in [7, 11) is 3.31. The molecule has 0 aliphatic heterocycles. The van der Waals surface area contributed by atoms with E-state index >= 15 is 0 Å². The van der Waals surface area contributed by atoms with Gasteiger partial charge in [0.15, 0.2) is 11.5 Å². The van der Waals surface area contributed by atoms with Crippen LogP contribution in [0.5, 0.6) is 11.5 Å². The third-order valence-corrected chi connectivity index (χ3v) is 8.08. The van der Waals surface area contributed by atoms with Gasteiger partial charge in [-0.25, -0.2) is 4.98 Å². The lowest BCUT2D eigenvalue weighted by Gasteiger charge is -2.25. The number of aromatic nitrogens is 1. The van der Waals surface area contributed by atoms with Gasteiger partial charge in [-0.2, -0.15) is 11.3 Å². The third-order valence-electron chi connectivity index (χ3n) is 7.35. The minimum Gasteiger partial charge on any atom is -0.493 e. The summed E-state index contributed by atoms with van der Waals surface area (Å²) in [5, 5.41) is 5.23. The van der Waals surface area contributed by atoms with Crippen molar-refractivity contribution in [2.24, 2.45) is 0 Å². The molecule has 0 radical (unpaired) electrons. The molecule has 6 heteroatoms. The van der Waals surface area contributed by atoms with Crippen LogP contribution in [0.1, 0.15) is 41.5 Å². The number of carbonyl (C=O) groups is 1. The summed E-state index contributed by atoms with van der Waals surface area (Å²) in [4.78, 5) is 20.7. The van der Waals surface area contributed by atoms with E-state index in [9.17, 15) is 4.79 Å². The van der Waals surface area contributed by atoms with E-state index in [2.05, 4.69) is 28.5 Å². The molecular formula is C30H30N2O3S. The standard InChI is InChI=1S/C30H30N2O3S/c1-34-27-8-4-7-25(30(27)35-2)29-23(15-22-14-20-5-3-6-21(20)16-26(22)31-29)17-32(24-9-10-24)28(33)13-19-11-12-36-18-19/h4,7-8,11-12,14-16,18,24H,3,5-6,9-10,13,17H2,1-2H3. The van der Waals surface area contributed by atoms with E-state index in [0.29, 0.717) is 30.5 Å². The summed E-state index contributed by atoms with van der Waals surface area (Å²) in [6.45, 7) is 0.531. The maximum absolute atomic E-state index is 13.5. The zero-order valence-corrected chi connectivity index (χ0v) is 21.6. The Morgan fingerprint density at radius 3 is 2.64 bits per heavy atom. The van der Waals surface area contributed by atoms with Gasteiger partial charge < -0.3 is 14.4 Å². The molecule has 0 unspecified atom stereocenters. The molecule has 184 valence electrons. The highest BCUT2D eigenvalue weighted by Gasteiger charge is 2.33. The van der Waals surface area contributed by atoms with Gasteiger partial charge in [0.25, 0.3) is 0 Å². The fourth-order valence-electron chi connectivity index (χ4n) is 5.38. The van der Waals surface area contributed by atoms with Crippen molar-refractivity contribution in [3.63, 3.8) is 0 Å². The number of aryl methyl sites for hydroxylation is 2. The van der Waals surface area contributed by atoms with Crippen molar-refractivity contribution < 1.29 is 14.3 Å². The molecule has 5 nitrogen and oxygen atoms in total. The van der Waals surface area contributed by atoms with Crippen LogP contribution in [0, 0.1) is 0 Å². The summed E-state index contributed by atoms with van der Waals surface area (Å²) in [6.07, 6.45) is 5.98. The van der Waals surface area contributed by atoms with Crippen LogP contribution in [0.2, 0.25) is 0 Å². The molecule has 0 atom stereocenters. The zero-order chi connectivity index (χ0) is 24.6. The van der Waals surface area contributed by atoms with Crippen LogP contribution in [0.15, 0.2) is 53.2 Å². The SMILES string of the molecule is COc1cccc(-c2nc3cc4c(cc3cc2CN(C(=O)Cc2ccsc2)C2CC2)CCC4)c1OC. The Kier molecular flexibility index (Phi) is 6.13. The Balaban J connectivity index is 1.47. The lowest BCUT2D eigenvalue weighted by molar-refractivity contribution is -0.131. The monoisotopic (exact) mass is 498 g/mol. The highest BCUT2D eigenvalue weighted by molar-refractivity contribution is 7.08. The van der Waals surface area contributed by atoms with Crippen molar-refractivity contribution in [1.29, 1.82) is 0 Å². The van der Waals surface area contributed by atoms with Crippen LogP contribution in [0.25, 0.3) is 22.2 Å².